The average Bonchev–Trinajstić information content (AvgIpc) is 2.72. The average molecular weight is 437 g/mol. The monoisotopic (exact) mass is 436 g/mol. The standard InChI is InChI=1S/C24H32N6O2/c31-19(23-7-13-1-14(8-23)3-15(2-13)9-23)25-21-27-22(29-30-28-21)26-20(32)24-10-16-4-17(11-24)6-18(5-16)12-24/h13-18H,1-12H2,(H2,25,26,27,28,29,31,32). The van der Waals surface area contributed by atoms with E-state index in [0.717, 1.165) is 38.5 Å². The molecule has 2 amide bonds. The van der Waals surface area contributed by atoms with Crippen LogP contribution in [-0.4, -0.2) is 32.2 Å². The molecule has 8 heteroatoms. The quantitative estimate of drug-likeness (QED) is 0.747. The van der Waals surface area contributed by atoms with Crippen LogP contribution in [0.5, 0.6) is 0 Å². The van der Waals surface area contributed by atoms with Gasteiger partial charge in [-0.3, -0.25) is 20.2 Å². The zero-order valence-corrected chi connectivity index (χ0v) is 18.6. The molecule has 8 aliphatic rings. The molecule has 1 aromatic heterocycles. The van der Waals surface area contributed by atoms with Gasteiger partial charge in [-0.1, -0.05) is 10.2 Å². The van der Waals surface area contributed by atoms with Crippen LogP contribution in [0.4, 0.5) is 11.9 Å². The Hall–Kier alpha value is -2.12. The summed E-state index contributed by atoms with van der Waals surface area (Å²) in [5.41, 5.74) is -0.548. The van der Waals surface area contributed by atoms with E-state index in [1.165, 1.54) is 38.5 Å². The first-order valence-corrected chi connectivity index (χ1v) is 12.7. The second kappa shape index (κ2) is 6.70. The van der Waals surface area contributed by atoms with Crippen molar-refractivity contribution in [3.8, 4) is 0 Å². The maximum Gasteiger partial charge on any atom is 0.254 e. The second-order valence-electron chi connectivity index (χ2n) is 12.4. The number of amides is 2. The van der Waals surface area contributed by atoms with Crippen LogP contribution in [0.3, 0.4) is 0 Å². The molecule has 1 heterocycles. The van der Waals surface area contributed by atoms with E-state index in [1.54, 1.807) is 0 Å². The molecule has 170 valence electrons. The number of nitrogens with zero attached hydrogens (tertiary/aromatic N) is 4. The van der Waals surface area contributed by atoms with Gasteiger partial charge in [0.25, 0.3) is 11.9 Å². The highest BCUT2D eigenvalue weighted by Gasteiger charge is 2.56. The Bertz CT molecular complexity index is 833. The molecule has 0 spiro atoms. The molecule has 32 heavy (non-hydrogen) atoms. The number of hydrogen-bond donors (Lipinski definition) is 2. The topological polar surface area (TPSA) is 110 Å². The van der Waals surface area contributed by atoms with E-state index in [-0.39, 0.29) is 34.5 Å². The number of rotatable bonds is 4. The molecule has 1 aromatic rings. The van der Waals surface area contributed by atoms with E-state index >= 15 is 0 Å². The lowest BCUT2D eigenvalue weighted by Gasteiger charge is -2.55. The van der Waals surface area contributed by atoms with Crippen molar-refractivity contribution >= 4 is 23.7 Å². The number of hydrogen-bond acceptors (Lipinski definition) is 6. The van der Waals surface area contributed by atoms with Crippen LogP contribution in [0.25, 0.3) is 0 Å². The Morgan fingerprint density at radius 2 is 0.906 bits per heavy atom. The van der Waals surface area contributed by atoms with Gasteiger partial charge in [0.15, 0.2) is 0 Å². The third-order valence-electron chi connectivity index (χ3n) is 9.98. The van der Waals surface area contributed by atoms with Crippen LogP contribution in [0.2, 0.25) is 0 Å². The van der Waals surface area contributed by atoms with Gasteiger partial charge in [-0.25, -0.2) is 0 Å². The molecule has 8 saturated carbocycles. The summed E-state index contributed by atoms with van der Waals surface area (Å²) in [6.45, 7) is 0. The SMILES string of the molecule is O=C(Nc1nnnc(NC(=O)C23CC4CC(CC(C4)C2)C3)n1)C12CC3CC(CC(C3)C1)C2. The summed E-state index contributed by atoms with van der Waals surface area (Å²) in [5, 5.41) is 17.6. The minimum Gasteiger partial charge on any atom is -0.293 e. The van der Waals surface area contributed by atoms with E-state index in [2.05, 4.69) is 31.0 Å². The van der Waals surface area contributed by atoms with Gasteiger partial charge >= 0.3 is 0 Å². The first-order chi connectivity index (χ1) is 15.5. The van der Waals surface area contributed by atoms with E-state index in [4.69, 9.17) is 0 Å². The molecule has 0 saturated heterocycles. The third-order valence-corrected chi connectivity index (χ3v) is 9.98. The van der Waals surface area contributed by atoms with Crippen LogP contribution in [0, 0.1) is 46.3 Å². The fourth-order valence-corrected chi connectivity index (χ4v) is 9.60. The Kier molecular flexibility index (Phi) is 4.05. The molecule has 8 bridgehead atoms. The van der Waals surface area contributed by atoms with Crippen molar-refractivity contribution in [2.45, 2.75) is 77.0 Å². The number of carbonyl (C=O) groups excluding carboxylic acids is 2. The number of carbonyl (C=O) groups is 2. The van der Waals surface area contributed by atoms with Gasteiger partial charge < -0.3 is 0 Å². The summed E-state index contributed by atoms with van der Waals surface area (Å²) in [5.74, 6) is 4.53. The summed E-state index contributed by atoms with van der Waals surface area (Å²) >= 11 is 0. The molecule has 0 aromatic carbocycles. The van der Waals surface area contributed by atoms with Gasteiger partial charge in [-0.15, -0.1) is 0 Å². The highest BCUT2D eigenvalue weighted by Crippen LogP contribution is 2.61. The van der Waals surface area contributed by atoms with Crippen LogP contribution in [-0.2, 0) is 9.59 Å². The predicted octanol–water partition coefficient (Wildman–Crippen LogP) is 3.58. The van der Waals surface area contributed by atoms with Crippen molar-refractivity contribution in [2.75, 3.05) is 10.6 Å². The lowest BCUT2D eigenvalue weighted by molar-refractivity contribution is -0.140. The van der Waals surface area contributed by atoms with Crippen LogP contribution in [0.1, 0.15) is 77.0 Å². The maximum absolute atomic E-state index is 13.3. The fourth-order valence-electron chi connectivity index (χ4n) is 9.60. The highest BCUT2D eigenvalue weighted by atomic mass is 16.2. The summed E-state index contributed by atoms with van der Waals surface area (Å²) in [6.07, 6.45) is 13.7. The molecule has 0 aliphatic heterocycles. The molecule has 8 aliphatic carbocycles. The smallest absolute Gasteiger partial charge is 0.254 e. The summed E-state index contributed by atoms with van der Waals surface area (Å²) in [6, 6.07) is 0. The minimum absolute atomic E-state index is 0.0305. The lowest BCUT2D eigenvalue weighted by Crippen LogP contribution is -2.52. The van der Waals surface area contributed by atoms with Crippen LogP contribution < -0.4 is 10.6 Å². The van der Waals surface area contributed by atoms with E-state index in [0.29, 0.717) is 35.5 Å². The van der Waals surface area contributed by atoms with Gasteiger partial charge in [0.1, 0.15) is 0 Å². The van der Waals surface area contributed by atoms with Crippen LogP contribution >= 0.6 is 0 Å². The first kappa shape index (κ1) is 19.4. The third kappa shape index (κ3) is 3.00. The molecule has 0 unspecified atom stereocenters. The second-order valence-corrected chi connectivity index (χ2v) is 12.4. The van der Waals surface area contributed by atoms with Gasteiger partial charge in [0.2, 0.25) is 11.8 Å². The first-order valence-electron chi connectivity index (χ1n) is 12.7. The predicted molar refractivity (Wildman–Crippen MR) is 116 cm³/mol. The molecular formula is C24H32N6O2. The molecule has 8 fully saturated rings. The Morgan fingerprint density at radius 3 is 1.22 bits per heavy atom. The summed E-state index contributed by atoms with van der Waals surface area (Å²) in [4.78, 5) is 31.0. The molecule has 2 N–H and O–H groups in total. The van der Waals surface area contributed by atoms with Crippen molar-refractivity contribution in [1.82, 2.24) is 20.4 Å². The zero-order valence-electron chi connectivity index (χ0n) is 18.6. The van der Waals surface area contributed by atoms with E-state index in [9.17, 15) is 9.59 Å². The van der Waals surface area contributed by atoms with E-state index in [1.807, 2.05) is 0 Å². The van der Waals surface area contributed by atoms with Crippen LogP contribution in [0.15, 0.2) is 0 Å². The van der Waals surface area contributed by atoms with Gasteiger partial charge in [-0.05, 0) is 118 Å². The summed E-state index contributed by atoms with van der Waals surface area (Å²) < 4.78 is 0. The molecule has 8 nitrogen and oxygen atoms in total. The zero-order chi connectivity index (χ0) is 21.5. The number of aromatic nitrogens is 4. The largest absolute Gasteiger partial charge is 0.293 e. The minimum atomic E-state index is -0.274. The van der Waals surface area contributed by atoms with Crippen molar-refractivity contribution in [3.05, 3.63) is 0 Å². The molecule has 9 rings (SSSR count). The fraction of sp³-hybridized carbons (Fsp3) is 0.833. The molecular weight excluding hydrogens is 404 g/mol. The van der Waals surface area contributed by atoms with Crippen molar-refractivity contribution in [3.63, 3.8) is 0 Å². The highest BCUT2D eigenvalue weighted by molar-refractivity contribution is 5.95. The van der Waals surface area contributed by atoms with E-state index < -0.39 is 0 Å². The van der Waals surface area contributed by atoms with Crippen molar-refractivity contribution in [2.24, 2.45) is 46.3 Å². The normalized spacial score (nSPS) is 45.1. The summed E-state index contributed by atoms with van der Waals surface area (Å²) in [7, 11) is 0. The van der Waals surface area contributed by atoms with Gasteiger partial charge in [0, 0.05) is 0 Å². The molecule has 0 atom stereocenters. The maximum atomic E-state index is 13.3. The molecule has 0 radical (unpaired) electrons. The van der Waals surface area contributed by atoms with Gasteiger partial charge in [-0.2, -0.15) is 4.98 Å². The number of nitrogens with one attached hydrogen (secondary N) is 2. The van der Waals surface area contributed by atoms with Crippen molar-refractivity contribution in [1.29, 1.82) is 0 Å². The Labute approximate surface area is 188 Å². The van der Waals surface area contributed by atoms with Crippen molar-refractivity contribution < 1.29 is 9.59 Å². The lowest BCUT2D eigenvalue weighted by atomic mass is 9.49. The number of anilines is 2. The Balaban J connectivity index is 1.06. The van der Waals surface area contributed by atoms with Gasteiger partial charge in [0.05, 0.1) is 10.8 Å². The Morgan fingerprint density at radius 1 is 0.594 bits per heavy atom.